The van der Waals surface area contributed by atoms with Gasteiger partial charge in [0.1, 0.15) is 5.82 Å². The molecule has 0 radical (unpaired) electrons. The number of fused-ring (bicyclic) bond motifs is 1. The predicted molar refractivity (Wildman–Crippen MR) is 72.7 cm³/mol. The first kappa shape index (κ1) is 13.6. The molecule has 3 nitrogen and oxygen atoms in total. The Bertz CT molecular complexity index is 603. The first-order valence-electron chi connectivity index (χ1n) is 6.44. The number of rotatable bonds is 4. The summed E-state index contributed by atoms with van der Waals surface area (Å²) in [6, 6.07) is 4.96. The highest BCUT2D eigenvalue weighted by Gasteiger charge is 2.16. The number of carbonyl (C=O) groups excluding carboxylic acids is 1. The SMILES string of the molecule is CCC(C)Cn1ccc2c(F)c(C(=O)OC)ccc21. The third-order valence-electron chi connectivity index (χ3n) is 3.50. The van der Waals surface area contributed by atoms with Crippen molar-refractivity contribution in [2.75, 3.05) is 7.11 Å². The third kappa shape index (κ3) is 2.48. The van der Waals surface area contributed by atoms with Gasteiger partial charge in [-0.15, -0.1) is 0 Å². The Morgan fingerprint density at radius 1 is 1.42 bits per heavy atom. The summed E-state index contributed by atoms with van der Waals surface area (Å²) < 4.78 is 20.8. The van der Waals surface area contributed by atoms with Gasteiger partial charge in [0.25, 0.3) is 0 Å². The van der Waals surface area contributed by atoms with Crippen LogP contribution >= 0.6 is 0 Å². The Labute approximate surface area is 112 Å². The van der Waals surface area contributed by atoms with Crippen molar-refractivity contribution in [3.63, 3.8) is 0 Å². The third-order valence-corrected chi connectivity index (χ3v) is 3.50. The zero-order valence-corrected chi connectivity index (χ0v) is 11.4. The van der Waals surface area contributed by atoms with E-state index in [1.165, 1.54) is 13.2 Å². The molecule has 2 rings (SSSR count). The van der Waals surface area contributed by atoms with Gasteiger partial charge < -0.3 is 9.30 Å². The Morgan fingerprint density at radius 2 is 2.16 bits per heavy atom. The van der Waals surface area contributed by atoms with E-state index in [0.29, 0.717) is 11.3 Å². The number of ether oxygens (including phenoxy) is 1. The number of methoxy groups -OCH3 is 1. The highest BCUT2D eigenvalue weighted by Crippen LogP contribution is 2.24. The second kappa shape index (κ2) is 5.43. The summed E-state index contributed by atoms with van der Waals surface area (Å²) in [7, 11) is 1.25. The lowest BCUT2D eigenvalue weighted by Crippen LogP contribution is -2.07. The standard InChI is InChI=1S/C15H18FNO2/c1-4-10(2)9-17-8-7-11-13(17)6-5-12(14(11)16)15(18)19-3/h5-8,10H,4,9H2,1-3H3. The van der Waals surface area contributed by atoms with Crippen molar-refractivity contribution in [1.82, 2.24) is 4.57 Å². The molecule has 0 aliphatic rings. The molecular formula is C15H18FNO2. The molecule has 4 heteroatoms. The maximum Gasteiger partial charge on any atom is 0.340 e. The predicted octanol–water partition coefficient (Wildman–Crippen LogP) is 3.61. The van der Waals surface area contributed by atoms with Crippen LogP contribution in [0.5, 0.6) is 0 Å². The van der Waals surface area contributed by atoms with E-state index in [1.54, 1.807) is 12.1 Å². The number of hydrogen-bond acceptors (Lipinski definition) is 2. The Hall–Kier alpha value is -1.84. The molecule has 2 aromatic rings. The van der Waals surface area contributed by atoms with Crippen molar-refractivity contribution in [3.8, 4) is 0 Å². The van der Waals surface area contributed by atoms with Crippen molar-refractivity contribution >= 4 is 16.9 Å². The Kier molecular flexibility index (Phi) is 3.88. The Balaban J connectivity index is 2.46. The van der Waals surface area contributed by atoms with Gasteiger partial charge in [-0.05, 0) is 24.1 Å². The van der Waals surface area contributed by atoms with Crippen LogP contribution < -0.4 is 0 Å². The largest absolute Gasteiger partial charge is 0.465 e. The fourth-order valence-electron chi connectivity index (χ4n) is 2.13. The van der Waals surface area contributed by atoms with Crippen LogP contribution in [0.25, 0.3) is 10.9 Å². The molecule has 1 atom stereocenters. The monoisotopic (exact) mass is 263 g/mol. The van der Waals surface area contributed by atoms with Crippen LogP contribution in [0.1, 0.15) is 30.6 Å². The van der Waals surface area contributed by atoms with E-state index >= 15 is 0 Å². The van der Waals surface area contributed by atoms with Crippen molar-refractivity contribution in [3.05, 3.63) is 35.8 Å². The van der Waals surface area contributed by atoms with Crippen LogP contribution in [0.3, 0.4) is 0 Å². The summed E-state index contributed by atoms with van der Waals surface area (Å²) in [6.07, 6.45) is 2.93. The fraction of sp³-hybridized carbons (Fsp3) is 0.400. The van der Waals surface area contributed by atoms with Crippen LogP contribution in [0.2, 0.25) is 0 Å². The Morgan fingerprint density at radius 3 is 2.79 bits per heavy atom. The second-order valence-corrected chi connectivity index (χ2v) is 4.83. The molecule has 0 N–H and O–H groups in total. The smallest absolute Gasteiger partial charge is 0.340 e. The molecule has 0 aliphatic carbocycles. The highest BCUT2D eigenvalue weighted by molar-refractivity contribution is 5.95. The van der Waals surface area contributed by atoms with Crippen molar-refractivity contribution in [1.29, 1.82) is 0 Å². The maximum absolute atomic E-state index is 14.2. The normalized spacial score (nSPS) is 12.6. The van der Waals surface area contributed by atoms with E-state index in [0.717, 1.165) is 18.5 Å². The zero-order valence-electron chi connectivity index (χ0n) is 11.4. The minimum atomic E-state index is -0.644. The minimum absolute atomic E-state index is 0.0173. The number of esters is 1. The molecule has 1 aromatic carbocycles. The maximum atomic E-state index is 14.2. The molecule has 102 valence electrons. The molecule has 1 unspecified atom stereocenters. The first-order chi connectivity index (χ1) is 9.08. The summed E-state index contributed by atoms with van der Waals surface area (Å²) in [5.74, 6) is -0.625. The molecule has 0 saturated heterocycles. The van der Waals surface area contributed by atoms with Crippen LogP contribution in [0.4, 0.5) is 4.39 Å². The van der Waals surface area contributed by atoms with Gasteiger partial charge in [0.2, 0.25) is 0 Å². The molecule has 1 heterocycles. The number of benzene rings is 1. The van der Waals surface area contributed by atoms with Gasteiger partial charge in [-0.1, -0.05) is 20.3 Å². The topological polar surface area (TPSA) is 31.2 Å². The fourth-order valence-corrected chi connectivity index (χ4v) is 2.13. The van der Waals surface area contributed by atoms with Gasteiger partial charge >= 0.3 is 5.97 Å². The molecule has 0 fully saturated rings. The number of aromatic nitrogens is 1. The number of halogens is 1. The van der Waals surface area contributed by atoms with E-state index in [2.05, 4.69) is 18.6 Å². The average molecular weight is 263 g/mol. The summed E-state index contributed by atoms with van der Waals surface area (Å²) in [4.78, 5) is 11.4. The number of hydrogen-bond donors (Lipinski definition) is 0. The van der Waals surface area contributed by atoms with E-state index in [9.17, 15) is 9.18 Å². The molecule has 0 amide bonds. The molecule has 0 bridgehead atoms. The quantitative estimate of drug-likeness (QED) is 0.789. The minimum Gasteiger partial charge on any atom is -0.465 e. The van der Waals surface area contributed by atoms with Gasteiger partial charge in [-0.2, -0.15) is 0 Å². The zero-order chi connectivity index (χ0) is 14.0. The van der Waals surface area contributed by atoms with Crippen molar-refractivity contribution in [2.45, 2.75) is 26.8 Å². The number of nitrogens with zero attached hydrogens (tertiary/aromatic N) is 1. The molecular weight excluding hydrogens is 245 g/mol. The molecule has 19 heavy (non-hydrogen) atoms. The van der Waals surface area contributed by atoms with Crippen molar-refractivity contribution in [2.24, 2.45) is 5.92 Å². The lowest BCUT2D eigenvalue weighted by atomic mass is 10.1. The van der Waals surface area contributed by atoms with Gasteiger partial charge in [-0.25, -0.2) is 9.18 Å². The molecule has 0 spiro atoms. The van der Waals surface area contributed by atoms with E-state index < -0.39 is 11.8 Å². The lowest BCUT2D eigenvalue weighted by molar-refractivity contribution is 0.0596. The van der Waals surface area contributed by atoms with Crippen LogP contribution in [-0.4, -0.2) is 17.6 Å². The van der Waals surface area contributed by atoms with Crippen molar-refractivity contribution < 1.29 is 13.9 Å². The summed E-state index contributed by atoms with van der Waals surface area (Å²) in [5, 5.41) is 0.464. The van der Waals surface area contributed by atoms with Gasteiger partial charge in [0.15, 0.2) is 0 Å². The van der Waals surface area contributed by atoms with Crippen LogP contribution in [-0.2, 0) is 11.3 Å². The van der Waals surface area contributed by atoms with Gasteiger partial charge in [-0.3, -0.25) is 0 Å². The van der Waals surface area contributed by atoms with Crippen LogP contribution in [0.15, 0.2) is 24.4 Å². The number of carbonyl (C=O) groups is 1. The molecule has 1 aromatic heterocycles. The second-order valence-electron chi connectivity index (χ2n) is 4.83. The molecule has 0 aliphatic heterocycles. The molecule has 0 saturated carbocycles. The average Bonchev–Trinajstić information content (AvgIpc) is 2.82. The van der Waals surface area contributed by atoms with Crippen LogP contribution in [0, 0.1) is 11.7 Å². The van der Waals surface area contributed by atoms with Gasteiger partial charge in [0, 0.05) is 18.1 Å². The first-order valence-corrected chi connectivity index (χ1v) is 6.44. The van der Waals surface area contributed by atoms with E-state index in [4.69, 9.17) is 0 Å². The van der Waals surface area contributed by atoms with Gasteiger partial charge in [0.05, 0.1) is 18.2 Å². The van der Waals surface area contributed by atoms with E-state index in [1.807, 2.05) is 10.8 Å². The lowest BCUT2D eigenvalue weighted by Gasteiger charge is -2.11. The summed E-state index contributed by atoms with van der Waals surface area (Å²) in [5.41, 5.74) is 0.793. The highest BCUT2D eigenvalue weighted by atomic mass is 19.1. The van der Waals surface area contributed by atoms with E-state index in [-0.39, 0.29) is 5.56 Å². The summed E-state index contributed by atoms with van der Waals surface area (Å²) in [6.45, 7) is 5.13. The summed E-state index contributed by atoms with van der Waals surface area (Å²) >= 11 is 0.